The van der Waals surface area contributed by atoms with Crippen molar-refractivity contribution in [3.63, 3.8) is 0 Å². The summed E-state index contributed by atoms with van der Waals surface area (Å²) in [6.45, 7) is 6.11. The van der Waals surface area contributed by atoms with Gasteiger partial charge in [0.05, 0.1) is 18.0 Å². The van der Waals surface area contributed by atoms with Gasteiger partial charge in [-0.25, -0.2) is 0 Å². The predicted octanol–water partition coefficient (Wildman–Crippen LogP) is 6.59. The third kappa shape index (κ3) is 4.27. The Hall–Kier alpha value is -4.65. The molecule has 0 aliphatic carbocycles. The van der Waals surface area contributed by atoms with Crippen molar-refractivity contribution < 1.29 is 23.3 Å². The van der Waals surface area contributed by atoms with E-state index in [0.29, 0.717) is 51.6 Å². The van der Waals surface area contributed by atoms with Crippen molar-refractivity contribution in [3.8, 4) is 17.1 Å². The lowest BCUT2D eigenvalue weighted by atomic mass is 10.0. The fourth-order valence-electron chi connectivity index (χ4n) is 4.04. The van der Waals surface area contributed by atoms with Crippen LogP contribution in [0.2, 0.25) is 0 Å². The van der Waals surface area contributed by atoms with Gasteiger partial charge in [-0.05, 0) is 57.2 Å². The number of benzene rings is 3. The number of ketones is 1. The average Bonchev–Trinajstić information content (AvgIpc) is 3.45. The van der Waals surface area contributed by atoms with Crippen LogP contribution in [0.15, 0.2) is 81.7 Å². The fourth-order valence-corrected chi connectivity index (χ4v) is 4.04. The van der Waals surface area contributed by atoms with Gasteiger partial charge in [-0.2, -0.15) is 0 Å². The molecule has 0 fully saturated rings. The number of carbonyl (C=O) groups excluding carboxylic acids is 2. The normalized spacial score (nSPS) is 11.0. The molecule has 0 aliphatic rings. The Bertz CT molecular complexity index is 1560. The maximum atomic E-state index is 13.5. The molecule has 0 atom stereocenters. The van der Waals surface area contributed by atoms with E-state index in [-0.39, 0.29) is 11.5 Å². The highest BCUT2D eigenvalue weighted by Gasteiger charge is 2.27. The number of fused-ring (bicyclic) bond motifs is 1. The van der Waals surface area contributed by atoms with E-state index in [1.165, 1.54) is 0 Å². The molecule has 7 heteroatoms. The van der Waals surface area contributed by atoms with Gasteiger partial charge >= 0.3 is 0 Å². The molecular formula is C29H24N2O5. The Labute approximate surface area is 207 Å². The molecule has 0 aliphatic heterocycles. The highest BCUT2D eigenvalue weighted by atomic mass is 16.5. The second-order valence-electron chi connectivity index (χ2n) is 8.38. The number of aromatic nitrogens is 1. The molecule has 0 saturated carbocycles. The molecule has 0 unspecified atom stereocenters. The van der Waals surface area contributed by atoms with E-state index in [2.05, 4.69) is 10.5 Å². The number of para-hydroxylation sites is 1. The Morgan fingerprint density at radius 2 is 1.67 bits per heavy atom. The zero-order valence-corrected chi connectivity index (χ0v) is 20.1. The van der Waals surface area contributed by atoms with E-state index in [9.17, 15) is 9.59 Å². The van der Waals surface area contributed by atoms with Crippen LogP contribution in [0.25, 0.3) is 22.3 Å². The van der Waals surface area contributed by atoms with Crippen molar-refractivity contribution in [1.82, 2.24) is 5.16 Å². The van der Waals surface area contributed by atoms with Gasteiger partial charge in [-0.3, -0.25) is 9.59 Å². The highest BCUT2D eigenvalue weighted by molar-refractivity contribution is 6.19. The van der Waals surface area contributed by atoms with Crippen LogP contribution >= 0.6 is 0 Å². The number of anilines is 1. The van der Waals surface area contributed by atoms with E-state index in [4.69, 9.17) is 13.7 Å². The first-order valence-electron chi connectivity index (χ1n) is 11.6. The van der Waals surface area contributed by atoms with Crippen LogP contribution in [-0.2, 0) is 0 Å². The average molecular weight is 481 g/mol. The molecule has 2 heterocycles. The van der Waals surface area contributed by atoms with Gasteiger partial charge < -0.3 is 19.0 Å². The van der Waals surface area contributed by atoms with Crippen molar-refractivity contribution in [2.45, 2.75) is 20.8 Å². The van der Waals surface area contributed by atoms with Gasteiger partial charge in [0, 0.05) is 16.5 Å². The smallest absolute Gasteiger partial charge is 0.261 e. The first-order chi connectivity index (χ1) is 17.5. The van der Waals surface area contributed by atoms with Gasteiger partial charge in [-0.15, -0.1) is 0 Å². The maximum Gasteiger partial charge on any atom is 0.261 e. The minimum absolute atomic E-state index is 0.0414. The van der Waals surface area contributed by atoms with E-state index >= 15 is 0 Å². The summed E-state index contributed by atoms with van der Waals surface area (Å²) in [5.41, 5.74) is 3.75. The lowest BCUT2D eigenvalue weighted by molar-refractivity contribution is 0.101. The summed E-state index contributed by atoms with van der Waals surface area (Å²) in [5, 5.41) is 7.54. The molecule has 0 bridgehead atoms. The third-order valence-electron chi connectivity index (χ3n) is 5.87. The number of amides is 1. The number of ether oxygens (including phenoxy) is 1. The van der Waals surface area contributed by atoms with E-state index in [1.54, 1.807) is 43.3 Å². The SMILES string of the molecule is CCOc1ccc(C(=O)c2oc3ccccc3c2NC(=O)c2c(C)noc2-c2ccc(C)cc2)cc1. The molecule has 5 aromatic rings. The standard InChI is InChI=1S/C29H24N2O5/c1-4-34-21-15-13-19(14-16-21)26(32)28-25(22-7-5-6-8-23(22)35-28)30-29(33)24-18(3)31-36-27(24)20-11-9-17(2)10-12-20/h5-16H,4H2,1-3H3,(H,30,33). The predicted molar refractivity (Wildman–Crippen MR) is 137 cm³/mol. The molecule has 0 spiro atoms. The Balaban J connectivity index is 1.54. The molecule has 2 aromatic heterocycles. The summed E-state index contributed by atoms with van der Waals surface area (Å²) < 4.78 is 16.9. The number of nitrogens with one attached hydrogen (secondary N) is 1. The molecule has 1 N–H and O–H groups in total. The first kappa shape index (κ1) is 23.1. The van der Waals surface area contributed by atoms with Crippen LogP contribution in [-0.4, -0.2) is 23.5 Å². The first-order valence-corrected chi connectivity index (χ1v) is 11.6. The minimum atomic E-state index is -0.448. The summed E-state index contributed by atoms with van der Waals surface area (Å²) >= 11 is 0. The maximum absolute atomic E-state index is 13.5. The molecule has 3 aromatic carbocycles. The summed E-state index contributed by atoms with van der Waals surface area (Å²) in [4.78, 5) is 27.0. The summed E-state index contributed by atoms with van der Waals surface area (Å²) in [6.07, 6.45) is 0. The summed E-state index contributed by atoms with van der Waals surface area (Å²) in [7, 11) is 0. The highest BCUT2D eigenvalue weighted by Crippen LogP contribution is 2.34. The van der Waals surface area contributed by atoms with Crippen LogP contribution in [0.3, 0.4) is 0 Å². The van der Waals surface area contributed by atoms with Crippen molar-refractivity contribution in [2.24, 2.45) is 0 Å². The van der Waals surface area contributed by atoms with Crippen LogP contribution in [0.1, 0.15) is 44.7 Å². The number of rotatable bonds is 7. The lowest BCUT2D eigenvalue weighted by Gasteiger charge is -2.08. The quantitative estimate of drug-likeness (QED) is 0.264. The van der Waals surface area contributed by atoms with Gasteiger partial charge in [0.25, 0.3) is 5.91 Å². The number of carbonyl (C=O) groups is 2. The van der Waals surface area contributed by atoms with Crippen molar-refractivity contribution in [3.05, 3.63) is 101 Å². The molecular weight excluding hydrogens is 456 g/mol. The monoisotopic (exact) mass is 480 g/mol. The number of hydrogen-bond acceptors (Lipinski definition) is 6. The second kappa shape index (κ2) is 9.54. The second-order valence-corrected chi connectivity index (χ2v) is 8.38. The lowest BCUT2D eigenvalue weighted by Crippen LogP contribution is -2.15. The topological polar surface area (TPSA) is 94.6 Å². The third-order valence-corrected chi connectivity index (χ3v) is 5.87. The Kier molecular flexibility index (Phi) is 6.12. The van der Waals surface area contributed by atoms with Crippen LogP contribution in [0, 0.1) is 13.8 Å². The van der Waals surface area contributed by atoms with Gasteiger partial charge in [0.15, 0.2) is 11.5 Å². The molecule has 5 rings (SSSR count). The number of aryl methyl sites for hydroxylation is 2. The zero-order chi connectivity index (χ0) is 25.2. The molecule has 0 radical (unpaired) electrons. The van der Waals surface area contributed by atoms with E-state index in [1.807, 2.05) is 50.2 Å². The number of furan rings is 1. The van der Waals surface area contributed by atoms with Crippen LogP contribution in [0.4, 0.5) is 5.69 Å². The summed E-state index contributed by atoms with van der Waals surface area (Å²) in [5.74, 6) is 0.262. The molecule has 1 amide bonds. The van der Waals surface area contributed by atoms with Gasteiger partial charge in [0.2, 0.25) is 5.78 Å². The minimum Gasteiger partial charge on any atom is -0.494 e. The van der Waals surface area contributed by atoms with Gasteiger partial charge in [0.1, 0.15) is 16.9 Å². The number of nitrogens with zero attached hydrogens (tertiary/aromatic N) is 1. The molecule has 36 heavy (non-hydrogen) atoms. The Morgan fingerprint density at radius 3 is 2.39 bits per heavy atom. The molecule has 0 saturated heterocycles. The molecule has 180 valence electrons. The van der Waals surface area contributed by atoms with Crippen molar-refractivity contribution in [1.29, 1.82) is 0 Å². The largest absolute Gasteiger partial charge is 0.494 e. The fraction of sp³-hybridized carbons (Fsp3) is 0.138. The van der Waals surface area contributed by atoms with E-state index < -0.39 is 5.91 Å². The zero-order valence-electron chi connectivity index (χ0n) is 20.1. The number of hydrogen-bond donors (Lipinski definition) is 1. The van der Waals surface area contributed by atoms with E-state index in [0.717, 1.165) is 11.1 Å². The van der Waals surface area contributed by atoms with Crippen molar-refractivity contribution >= 4 is 28.3 Å². The van der Waals surface area contributed by atoms with Crippen LogP contribution in [0.5, 0.6) is 5.75 Å². The van der Waals surface area contributed by atoms with Crippen molar-refractivity contribution in [2.75, 3.05) is 11.9 Å². The summed E-state index contributed by atoms with van der Waals surface area (Å²) in [6, 6.07) is 21.6. The van der Waals surface area contributed by atoms with Gasteiger partial charge in [-0.1, -0.05) is 47.1 Å². The van der Waals surface area contributed by atoms with Crippen LogP contribution < -0.4 is 10.1 Å². The molecule has 7 nitrogen and oxygen atoms in total. The Morgan fingerprint density at radius 1 is 0.944 bits per heavy atom.